The zero-order valence-electron chi connectivity index (χ0n) is 11.5. The molecule has 0 saturated carbocycles. The maximum atomic E-state index is 4.46. The quantitative estimate of drug-likeness (QED) is 0.769. The molecule has 0 radical (unpaired) electrons. The van der Waals surface area contributed by atoms with Crippen molar-refractivity contribution in [1.82, 2.24) is 25.1 Å². The van der Waals surface area contributed by atoms with E-state index in [1.54, 1.807) is 6.33 Å². The second-order valence-corrected chi connectivity index (χ2v) is 4.59. The Bertz CT molecular complexity index is 699. The monoisotopic (exact) mass is 267 g/mol. The number of benzene rings is 1. The number of aromatic nitrogens is 4. The van der Waals surface area contributed by atoms with Crippen LogP contribution in [0.3, 0.4) is 0 Å². The van der Waals surface area contributed by atoms with Crippen LogP contribution in [0.1, 0.15) is 18.3 Å². The van der Waals surface area contributed by atoms with E-state index in [0.29, 0.717) is 6.54 Å². The first-order valence-corrected chi connectivity index (χ1v) is 6.78. The minimum atomic E-state index is 0.705. The first-order valence-electron chi connectivity index (χ1n) is 6.78. The third kappa shape index (κ3) is 2.53. The predicted octanol–water partition coefficient (Wildman–Crippen LogP) is 2.14. The van der Waals surface area contributed by atoms with Crippen LogP contribution in [-0.2, 0) is 19.6 Å². The van der Waals surface area contributed by atoms with Crippen LogP contribution < -0.4 is 5.32 Å². The van der Waals surface area contributed by atoms with E-state index in [9.17, 15) is 0 Å². The molecule has 1 N–H and O–H groups in total. The van der Waals surface area contributed by atoms with Crippen LogP contribution in [0.5, 0.6) is 0 Å². The van der Waals surface area contributed by atoms with Gasteiger partial charge in [0.25, 0.3) is 0 Å². The molecule has 5 nitrogen and oxygen atoms in total. The zero-order chi connectivity index (χ0) is 13.8. The van der Waals surface area contributed by atoms with Gasteiger partial charge >= 0.3 is 0 Å². The molecule has 0 atom stereocenters. The Balaban J connectivity index is 1.71. The number of hydrogen-bond acceptors (Lipinski definition) is 4. The van der Waals surface area contributed by atoms with Crippen molar-refractivity contribution in [3.8, 4) is 0 Å². The Morgan fingerprint density at radius 2 is 2.00 bits per heavy atom. The van der Waals surface area contributed by atoms with Crippen molar-refractivity contribution in [1.29, 1.82) is 0 Å². The average Bonchev–Trinajstić information content (AvgIpc) is 2.95. The molecule has 3 aromatic rings. The first-order chi connectivity index (χ1) is 9.88. The van der Waals surface area contributed by atoms with E-state index in [-0.39, 0.29) is 0 Å². The van der Waals surface area contributed by atoms with Gasteiger partial charge in [-0.05, 0) is 18.6 Å². The Kier molecular flexibility index (Phi) is 3.69. The van der Waals surface area contributed by atoms with Crippen molar-refractivity contribution in [3.63, 3.8) is 0 Å². The molecule has 102 valence electrons. The van der Waals surface area contributed by atoms with Crippen molar-refractivity contribution in [2.24, 2.45) is 0 Å². The molecule has 0 fully saturated rings. The summed E-state index contributed by atoms with van der Waals surface area (Å²) in [5, 5.41) is 8.74. The molecule has 0 aliphatic heterocycles. The number of pyridine rings is 1. The molecule has 2 heterocycles. The lowest BCUT2D eigenvalue weighted by molar-refractivity contribution is 0.572. The van der Waals surface area contributed by atoms with Crippen molar-refractivity contribution in [2.45, 2.75) is 26.6 Å². The van der Waals surface area contributed by atoms with Crippen LogP contribution in [-0.4, -0.2) is 19.7 Å². The highest BCUT2D eigenvalue weighted by Gasteiger charge is 2.04. The standard InChI is InChI=1S/C15H17N5/c1-2-20-14(18-11-19-20)10-16-9-13-6-3-5-12-7-4-8-17-15(12)13/h3-8,11,16H,2,9-10H2,1H3. The molecule has 0 bridgehead atoms. The van der Waals surface area contributed by atoms with E-state index < -0.39 is 0 Å². The van der Waals surface area contributed by atoms with Crippen LogP contribution in [0.25, 0.3) is 10.9 Å². The predicted molar refractivity (Wildman–Crippen MR) is 78.0 cm³/mol. The van der Waals surface area contributed by atoms with Crippen molar-refractivity contribution in [2.75, 3.05) is 0 Å². The molecular formula is C15H17N5. The van der Waals surface area contributed by atoms with Gasteiger partial charge in [-0.15, -0.1) is 0 Å². The summed E-state index contributed by atoms with van der Waals surface area (Å²) >= 11 is 0. The molecule has 1 aromatic carbocycles. The van der Waals surface area contributed by atoms with Gasteiger partial charge in [-0.25, -0.2) is 9.67 Å². The number of fused-ring (bicyclic) bond motifs is 1. The van der Waals surface area contributed by atoms with E-state index in [2.05, 4.69) is 51.6 Å². The number of nitrogens with one attached hydrogen (secondary N) is 1. The van der Waals surface area contributed by atoms with Gasteiger partial charge in [-0.3, -0.25) is 4.98 Å². The number of rotatable bonds is 5. The summed E-state index contributed by atoms with van der Waals surface area (Å²) in [4.78, 5) is 8.71. The van der Waals surface area contributed by atoms with Gasteiger partial charge < -0.3 is 5.32 Å². The molecule has 0 saturated heterocycles. The molecule has 0 amide bonds. The van der Waals surface area contributed by atoms with Crippen molar-refractivity contribution >= 4 is 10.9 Å². The largest absolute Gasteiger partial charge is 0.306 e. The van der Waals surface area contributed by atoms with E-state index in [4.69, 9.17) is 0 Å². The summed E-state index contributed by atoms with van der Waals surface area (Å²) in [5.41, 5.74) is 2.25. The lowest BCUT2D eigenvalue weighted by Gasteiger charge is -2.08. The highest BCUT2D eigenvalue weighted by atomic mass is 15.3. The number of aryl methyl sites for hydroxylation is 1. The van der Waals surface area contributed by atoms with E-state index in [1.807, 2.05) is 16.9 Å². The maximum Gasteiger partial charge on any atom is 0.140 e. The van der Waals surface area contributed by atoms with Crippen LogP contribution in [0.4, 0.5) is 0 Å². The summed E-state index contributed by atoms with van der Waals surface area (Å²) in [7, 11) is 0. The summed E-state index contributed by atoms with van der Waals surface area (Å²) in [5.74, 6) is 0.959. The second-order valence-electron chi connectivity index (χ2n) is 4.59. The Morgan fingerprint density at radius 1 is 1.10 bits per heavy atom. The van der Waals surface area contributed by atoms with E-state index >= 15 is 0 Å². The number of hydrogen-bond donors (Lipinski definition) is 1. The van der Waals surface area contributed by atoms with Gasteiger partial charge in [-0.2, -0.15) is 5.10 Å². The van der Waals surface area contributed by atoms with Crippen molar-refractivity contribution in [3.05, 3.63) is 54.2 Å². The highest BCUT2D eigenvalue weighted by molar-refractivity contribution is 5.81. The topological polar surface area (TPSA) is 55.6 Å². The van der Waals surface area contributed by atoms with E-state index in [1.165, 1.54) is 10.9 Å². The smallest absolute Gasteiger partial charge is 0.140 e. The fourth-order valence-electron chi connectivity index (χ4n) is 2.31. The Labute approximate surface area is 117 Å². The van der Waals surface area contributed by atoms with Gasteiger partial charge in [0.2, 0.25) is 0 Å². The molecule has 20 heavy (non-hydrogen) atoms. The van der Waals surface area contributed by atoms with Gasteiger partial charge in [0, 0.05) is 24.7 Å². The minimum absolute atomic E-state index is 0.705. The summed E-state index contributed by atoms with van der Waals surface area (Å²) in [6.07, 6.45) is 3.43. The van der Waals surface area contributed by atoms with E-state index in [0.717, 1.165) is 24.4 Å². The third-order valence-corrected chi connectivity index (χ3v) is 3.31. The van der Waals surface area contributed by atoms with Gasteiger partial charge in [0.15, 0.2) is 0 Å². The van der Waals surface area contributed by atoms with Gasteiger partial charge in [0.1, 0.15) is 12.2 Å². The maximum absolute atomic E-state index is 4.46. The lowest BCUT2D eigenvalue weighted by atomic mass is 10.1. The fraction of sp³-hybridized carbons (Fsp3) is 0.267. The molecule has 0 aliphatic carbocycles. The minimum Gasteiger partial charge on any atom is -0.306 e. The molecule has 3 rings (SSSR count). The second kappa shape index (κ2) is 5.79. The molecule has 5 heteroatoms. The molecule has 0 aliphatic rings. The number of para-hydroxylation sites is 1. The summed E-state index contributed by atoms with van der Waals surface area (Å²) in [6.45, 7) is 4.38. The van der Waals surface area contributed by atoms with Gasteiger partial charge in [-0.1, -0.05) is 24.3 Å². The lowest BCUT2D eigenvalue weighted by Crippen LogP contribution is -2.17. The van der Waals surface area contributed by atoms with Crippen LogP contribution >= 0.6 is 0 Å². The highest BCUT2D eigenvalue weighted by Crippen LogP contribution is 2.15. The molecule has 0 spiro atoms. The molecule has 0 unspecified atom stereocenters. The van der Waals surface area contributed by atoms with Crippen LogP contribution in [0, 0.1) is 0 Å². The SMILES string of the molecule is CCn1ncnc1CNCc1cccc2cccnc12. The fourth-order valence-corrected chi connectivity index (χ4v) is 2.31. The van der Waals surface area contributed by atoms with Crippen molar-refractivity contribution < 1.29 is 0 Å². The van der Waals surface area contributed by atoms with Crippen LogP contribution in [0.2, 0.25) is 0 Å². The van der Waals surface area contributed by atoms with Gasteiger partial charge in [0.05, 0.1) is 12.1 Å². The first kappa shape index (κ1) is 12.7. The Morgan fingerprint density at radius 3 is 2.90 bits per heavy atom. The molecule has 2 aromatic heterocycles. The van der Waals surface area contributed by atoms with Crippen LogP contribution in [0.15, 0.2) is 42.9 Å². The summed E-state index contributed by atoms with van der Waals surface area (Å²) < 4.78 is 1.90. The third-order valence-electron chi connectivity index (χ3n) is 3.31. The average molecular weight is 267 g/mol. The zero-order valence-corrected chi connectivity index (χ0v) is 11.5. The Hall–Kier alpha value is -2.27. The summed E-state index contributed by atoms with van der Waals surface area (Å²) in [6, 6.07) is 10.3. The number of nitrogens with zero attached hydrogens (tertiary/aromatic N) is 4. The molecular weight excluding hydrogens is 250 g/mol. The normalized spacial score (nSPS) is 11.1.